The van der Waals surface area contributed by atoms with Gasteiger partial charge in [-0.05, 0) is 0 Å². The molecule has 0 amide bonds. The van der Waals surface area contributed by atoms with E-state index in [2.05, 4.69) is 21.9 Å². The molecule has 1 heterocycles. The summed E-state index contributed by atoms with van der Waals surface area (Å²) in [6.45, 7) is 0. The van der Waals surface area contributed by atoms with Crippen molar-refractivity contribution in [2.24, 2.45) is 0 Å². The minimum atomic E-state index is -0.414. The van der Waals surface area contributed by atoms with Gasteiger partial charge in [-0.3, -0.25) is 4.79 Å². The number of benzene rings is 1. The van der Waals surface area contributed by atoms with E-state index in [-0.39, 0.29) is 5.78 Å². The molecular formula is C8H10N4O. The lowest BCUT2D eigenvalue weighted by atomic mass is 10.1. The quantitative estimate of drug-likeness (QED) is 0.452. The molecule has 5 nitrogen and oxygen atoms in total. The van der Waals surface area contributed by atoms with Crippen molar-refractivity contribution in [1.29, 1.82) is 0 Å². The maximum atomic E-state index is 11.6. The predicted molar refractivity (Wildman–Crippen MR) is 47.1 cm³/mol. The summed E-state index contributed by atoms with van der Waals surface area (Å²) in [5.41, 5.74) is 11.3. The van der Waals surface area contributed by atoms with Crippen LogP contribution in [0.15, 0.2) is 30.3 Å². The van der Waals surface area contributed by atoms with Gasteiger partial charge in [0.2, 0.25) is 0 Å². The summed E-state index contributed by atoms with van der Waals surface area (Å²) < 4.78 is 0. The Morgan fingerprint density at radius 1 is 1.08 bits per heavy atom. The summed E-state index contributed by atoms with van der Waals surface area (Å²) in [6, 6.07) is 9.11. The van der Waals surface area contributed by atoms with Gasteiger partial charge in [-0.1, -0.05) is 30.3 Å². The highest BCUT2D eigenvalue weighted by Gasteiger charge is 2.21. The first-order valence-electron chi connectivity index (χ1n) is 3.98. The van der Waals surface area contributed by atoms with Crippen molar-refractivity contribution >= 4 is 5.78 Å². The second-order valence-electron chi connectivity index (χ2n) is 2.70. The second-order valence-corrected chi connectivity index (χ2v) is 2.70. The summed E-state index contributed by atoms with van der Waals surface area (Å²) in [5.74, 6) is -0.00176. The molecule has 0 bridgehead atoms. The Kier molecular flexibility index (Phi) is 2.33. The van der Waals surface area contributed by atoms with E-state index < -0.39 is 6.17 Å². The van der Waals surface area contributed by atoms with Gasteiger partial charge in [0.15, 0.2) is 5.78 Å². The van der Waals surface area contributed by atoms with Crippen LogP contribution in [0.3, 0.4) is 0 Å². The molecule has 2 rings (SSSR count). The van der Waals surface area contributed by atoms with Crippen molar-refractivity contribution < 1.29 is 4.79 Å². The third-order valence-electron chi connectivity index (χ3n) is 1.82. The van der Waals surface area contributed by atoms with Crippen LogP contribution in [0.1, 0.15) is 10.4 Å². The van der Waals surface area contributed by atoms with Gasteiger partial charge in [-0.15, -0.1) is 0 Å². The number of carbonyl (C=O) groups is 1. The Labute approximate surface area is 75.4 Å². The number of ketones is 1. The lowest BCUT2D eigenvalue weighted by molar-refractivity contribution is 0.0938. The molecule has 1 aliphatic heterocycles. The first-order valence-corrected chi connectivity index (χ1v) is 3.98. The van der Waals surface area contributed by atoms with Gasteiger partial charge >= 0.3 is 0 Å². The topological polar surface area (TPSA) is 65.2 Å². The van der Waals surface area contributed by atoms with Crippen LogP contribution < -0.4 is 21.9 Å². The highest BCUT2D eigenvalue weighted by molar-refractivity contribution is 5.99. The summed E-state index contributed by atoms with van der Waals surface area (Å²) in [7, 11) is 0. The standard InChI is InChI=1S/C8H10N4O/c13-7(8-9-11-12-10-8)6-4-2-1-3-5-6/h1-5,8-12H. The van der Waals surface area contributed by atoms with Crippen molar-refractivity contribution in [2.45, 2.75) is 6.17 Å². The molecule has 5 heteroatoms. The van der Waals surface area contributed by atoms with E-state index in [1.54, 1.807) is 12.1 Å². The van der Waals surface area contributed by atoms with Gasteiger partial charge in [0.25, 0.3) is 0 Å². The largest absolute Gasteiger partial charge is 0.291 e. The van der Waals surface area contributed by atoms with Crippen LogP contribution in [0.4, 0.5) is 0 Å². The lowest BCUT2D eigenvalue weighted by Crippen LogP contribution is -2.41. The molecule has 0 saturated carbocycles. The maximum Gasteiger partial charge on any atom is 0.196 e. The van der Waals surface area contributed by atoms with Crippen LogP contribution in [-0.2, 0) is 0 Å². The Bertz CT molecular complexity index is 294. The zero-order valence-electron chi connectivity index (χ0n) is 6.87. The van der Waals surface area contributed by atoms with Crippen molar-refractivity contribution in [3.05, 3.63) is 35.9 Å². The van der Waals surface area contributed by atoms with Gasteiger partial charge < -0.3 is 0 Å². The van der Waals surface area contributed by atoms with Crippen LogP contribution in [-0.4, -0.2) is 11.9 Å². The molecule has 1 aromatic carbocycles. The fraction of sp³-hybridized carbons (Fsp3) is 0.125. The summed E-state index contributed by atoms with van der Waals surface area (Å²) >= 11 is 0. The van der Waals surface area contributed by atoms with Gasteiger partial charge in [0.1, 0.15) is 6.17 Å². The molecule has 1 aliphatic rings. The average Bonchev–Trinajstić information content (AvgIpc) is 2.71. The van der Waals surface area contributed by atoms with Crippen molar-refractivity contribution in [3.8, 4) is 0 Å². The summed E-state index contributed by atoms with van der Waals surface area (Å²) in [5, 5.41) is 0. The fourth-order valence-electron chi connectivity index (χ4n) is 1.15. The molecule has 0 atom stereocenters. The SMILES string of the molecule is O=C(c1ccccc1)C1NNNN1. The molecule has 68 valence electrons. The third-order valence-corrected chi connectivity index (χ3v) is 1.82. The van der Waals surface area contributed by atoms with E-state index >= 15 is 0 Å². The van der Waals surface area contributed by atoms with Gasteiger partial charge in [-0.2, -0.15) is 11.1 Å². The summed E-state index contributed by atoms with van der Waals surface area (Å²) in [4.78, 5) is 11.6. The van der Waals surface area contributed by atoms with E-state index in [1.165, 1.54) is 0 Å². The van der Waals surface area contributed by atoms with Gasteiger partial charge in [0, 0.05) is 5.56 Å². The summed E-state index contributed by atoms with van der Waals surface area (Å²) in [6.07, 6.45) is -0.414. The van der Waals surface area contributed by atoms with E-state index in [0.717, 1.165) is 0 Å². The van der Waals surface area contributed by atoms with Gasteiger partial charge in [-0.25, -0.2) is 10.9 Å². The number of carbonyl (C=O) groups excluding carboxylic acids is 1. The molecular weight excluding hydrogens is 168 g/mol. The molecule has 13 heavy (non-hydrogen) atoms. The van der Waals surface area contributed by atoms with Crippen LogP contribution in [0.25, 0.3) is 0 Å². The Morgan fingerprint density at radius 2 is 1.69 bits per heavy atom. The van der Waals surface area contributed by atoms with E-state index in [9.17, 15) is 4.79 Å². The molecule has 0 spiro atoms. The maximum absolute atomic E-state index is 11.6. The first kappa shape index (κ1) is 8.33. The number of rotatable bonds is 2. The Morgan fingerprint density at radius 3 is 2.31 bits per heavy atom. The number of hydrazine groups is 3. The predicted octanol–water partition coefficient (Wildman–Crippen LogP) is -0.688. The number of nitrogens with one attached hydrogen (secondary N) is 4. The minimum Gasteiger partial charge on any atom is -0.291 e. The monoisotopic (exact) mass is 178 g/mol. The molecule has 1 aromatic rings. The average molecular weight is 178 g/mol. The zero-order valence-corrected chi connectivity index (χ0v) is 6.87. The molecule has 1 fully saturated rings. The normalized spacial score (nSPS) is 17.5. The number of hydrogen-bond acceptors (Lipinski definition) is 5. The lowest BCUT2D eigenvalue weighted by Gasteiger charge is -2.06. The van der Waals surface area contributed by atoms with Crippen molar-refractivity contribution in [2.75, 3.05) is 0 Å². The highest BCUT2D eigenvalue weighted by Crippen LogP contribution is 2.01. The Balaban J connectivity index is 2.13. The molecule has 4 N–H and O–H groups in total. The zero-order chi connectivity index (χ0) is 9.10. The number of Topliss-reactive ketones (excluding diaryl/α,β-unsaturated/α-hetero) is 1. The third kappa shape index (κ3) is 1.73. The number of hydrogen-bond donors (Lipinski definition) is 4. The van der Waals surface area contributed by atoms with E-state index in [1.807, 2.05) is 18.2 Å². The fourth-order valence-corrected chi connectivity index (χ4v) is 1.15. The molecule has 0 aromatic heterocycles. The second kappa shape index (κ2) is 3.63. The molecule has 0 radical (unpaired) electrons. The van der Waals surface area contributed by atoms with Gasteiger partial charge in [0.05, 0.1) is 0 Å². The first-order chi connectivity index (χ1) is 6.38. The van der Waals surface area contributed by atoms with E-state index in [0.29, 0.717) is 5.56 Å². The van der Waals surface area contributed by atoms with Crippen LogP contribution in [0.5, 0.6) is 0 Å². The molecule has 0 unspecified atom stereocenters. The van der Waals surface area contributed by atoms with Crippen molar-refractivity contribution in [1.82, 2.24) is 21.9 Å². The molecule has 0 aliphatic carbocycles. The highest BCUT2D eigenvalue weighted by atomic mass is 16.1. The smallest absolute Gasteiger partial charge is 0.196 e. The van der Waals surface area contributed by atoms with Crippen molar-refractivity contribution in [3.63, 3.8) is 0 Å². The Hall–Kier alpha value is -1.27. The molecule has 1 saturated heterocycles. The minimum absolute atomic E-state index is 0.00176. The van der Waals surface area contributed by atoms with Crippen LogP contribution in [0.2, 0.25) is 0 Å². The van der Waals surface area contributed by atoms with E-state index in [4.69, 9.17) is 0 Å². The van der Waals surface area contributed by atoms with Crippen LogP contribution >= 0.6 is 0 Å². The van der Waals surface area contributed by atoms with Crippen LogP contribution in [0, 0.1) is 0 Å².